The number of rotatable bonds is 5. The Kier molecular flexibility index (Phi) is 9.26. The van der Waals surface area contributed by atoms with E-state index in [1.54, 1.807) is 0 Å². The molecule has 3 nitrogen and oxygen atoms in total. The van der Waals surface area contributed by atoms with Crippen LogP contribution < -0.4 is 0 Å². The fourth-order valence-corrected chi connectivity index (χ4v) is 5.64. The SMILES string of the molecule is CC[Si](Cl)(CC)CC.C[Si](C)(C)OS(=O)(=O)C(F)(F)F. The normalized spacial score (nSPS) is 13.7. The topological polar surface area (TPSA) is 43.4 Å². The first-order chi connectivity index (χ1) is 8.64. The minimum Gasteiger partial charge on any atom is -0.309 e. The van der Waals surface area contributed by atoms with Crippen LogP contribution in [0.5, 0.6) is 0 Å². The van der Waals surface area contributed by atoms with Gasteiger partial charge in [0.2, 0.25) is 8.32 Å². The second-order valence-corrected chi connectivity index (χ2v) is 18.4. The van der Waals surface area contributed by atoms with Crippen molar-refractivity contribution in [3.63, 3.8) is 0 Å². The summed E-state index contributed by atoms with van der Waals surface area (Å²) < 4.78 is 59.7. The van der Waals surface area contributed by atoms with Crippen LogP contribution in [0.1, 0.15) is 20.8 Å². The highest BCUT2D eigenvalue weighted by atomic mass is 35.6. The third-order valence-corrected chi connectivity index (χ3v) is 12.2. The van der Waals surface area contributed by atoms with Crippen molar-refractivity contribution >= 4 is 36.9 Å². The molecule has 0 saturated carbocycles. The van der Waals surface area contributed by atoms with Gasteiger partial charge < -0.3 is 3.87 Å². The van der Waals surface area contributed by atoms with Gasteiger partial charge in [0.05, 0.1) is 0 Å². The van der Waals surface area contributed by atoms with Crippen LogP contribution in [0, 0.1) is 0 Å². The number of halogens is 4. The van der Waals surface area contributed by atoms with E-state index < -0.39 is 31.3 Å². The van der Waals surface area contributed by atoms with E-state index in [0.29, 0.717) is 0 Å². The smallest absolute Gasteiger partial charge is 0.309 e. The Labute approximate surface area is 126 Å². The molecule has 0 fully saturated rings. The molecular weight excluding hydrogens is 349 g/mol. The summed E-state index contributed by atoms with van der Waals surface area (Å²) >= 11 is 6.23. The van der Waals surface area contributed by atoms with Crippen molar-refractivity contribution in [1.29, 1.82) is 0 Å². The minimum absolute atomic E-state index is 1.20. The molecule has 0 aromatic carbocycles. The second kappa shape index (κ2) is 8.16. The summed E-state index contributed by atoms with van der Waals surface area (Å²) in [6.45, 7) is 10.7. The zero-order valence-electron chi connectivity index (χ0n) is 12.8. The largest absolute Gasteiger partial charge is 0.522 e. The van der Waals surface area contributed by atoms with Gasteiger partial charge in [-0.25, -0.2) is 0 Å². The van der Waals surface area contributed by atoms with E-state index in [1.165, 1.54) is 37.8 Å². The average molecular weight is 373 g/mol. The first kappa shape index (κ1) is 22.7. The molecular formula is C10H24ClF3O3SSi2. The Bertz CT molecular complexity index is 368. The van der Waals surface area contributed by atoms with E-state index in [-0.39, 0.29) is 0 Å². The highest BCUT2D eigenvalue weighted by Gasteiger charge is 2.49. The van der Waals surface area contributed by atoms with E-state index in [2.05, 4.69) is 24.6 Å². The fourth-order valence-electron chi connectivity index (χ4n) is 1.13. The third kappa shape index (κ3) is 9.38. The summed E-state index contributed by atoms with van der Waals surface area (Å²) in [5, 5.41) is 0. The molecule has 0 rings (SSSR count). The van der Waals surface area contributed by atoms with Gasteiger partial charge in [-0.05, 0) is 37.8 Å². The predicted molar refractivity (Wildman–Crippen MR) is 82.5 cm³/mol. The van der Waals surface area contributed by atoms with Crippen LogP contribution in [0.15, 0.2) is 0 Å². The Morgan fingerprint density at radius 2 is 1.30 bits per heavy atom. The van der Waals surface area contributed by atoms with E-state index in [1.807, 2.05) is 0 Å². The van der Waals surface area contributed by atoms with Gasteiger partial charge in [0.15, 0.2) is 7.38 Å². The number of alkyl halides is 3. The third-order valence-electron chi connectivity index (χ3n) is 2.54. The highest BCUT2D eigenvalue weighted by molar-refractivity contribution is 7.88. The van der Waals surface area contributed by atoms with Crippen molar-refractivity contribution in [2.24, 2.45) is 0 Å². The molecule has 0 unspecified atom stereocenters. The molecule has 0 bridgehead atoms. The molecule has 20 heavy (non-hydrogen) atoms. The van der Waals surface area contributed by atoms with Crippen LogP contribution in [-0.2, 0) is 14.0 Å². The summed E-state index contributed by atoms with van der Waals surface area (Å²) in [6, 6.07) is 3.67. The van der Waals surface area contributed by atoms with Crippen LogP contribution in [-0.4, -0.2) is 29.6 Å². The molecule has 0 aliphatic heterocycles. The number of hydrogen-bond acceptors (Lipinski definition) is 3. The van der Waals surface area contributed by atoms with Gasteiger partial charge in [0.1, 0.15) is 0 Å². The van der Waals surface area contributed by atoms with Crippen LogP contribution >= 0.6 is 11.1 Å². The maximum Gasteiger partial charge on any atom is 0.522 e. The van der Waals surface area contributed by atoms with Gasteiger partial charge in [-0.1, -0.05) is 20.8 Å². The first-order valence-corrected chi connectivity index (χ1v) is 14.8. The van der Waals surface area contributed by atoms with Gasteiger partial charge >= 0.3 is 15.6 Å². The summed E-state index contributed by atoms with van der Waals surface area (Å²) in [5.74, 6) is 0. The van der Waals surface area contributed by atoms with E-state index in [4.69, 9.17) is 11.1 Å². The van der Waals surface area contributed by atoms with Crippen molar-refractivity contribution in [1.82, 2.24) is 0 Å². The molecule has 0 saturated heterocycles. The summed E-state index contributed by atoms with van der Waals surface area (Å²) in [7, 11) is -9.30. The summed E-state index contributed by atoms with van der Waals surface area (Å²) in [6.07, 6.45) is 0. The Morgan fingerprint density at radius 3 is 1.35 bits per heavy atom. The molecule has 0 amide bonds. The van der Waals surface area contributed by atoms with E-state index >= 15 is 0 Å². The molecule has 0 aromatic rings. The predicted octanol–water partition coefficient (Wildman–Crippen LogP) is 4.92. The molecule has 10 heteroatoms. The van der Waals surface area contributed by atoms with Crippen molar-refractivity contribution in [2.75, 3.05) is 0 Å². The van der Waals surface area contributed by atoms with Gasteiger partial charge in [-0.3, -0.25) is 0 Å². The Balaban J connectivity index is 0. The van der Waals surface area contributed by atoms with E-state index in [0.717, 1.165) is 0 Å². The Morgan fingerprint density at radius 1 is 1.00 bits per heavy atom. The van der Waals surface area contributed by atoms with Crippen molar-refractivity contribution in [3.8, 4) is 0 Å². The van der Waals surface area contributed by atoms with Crippen molar-refractivity contribution in [3.05, 3.63) is 0 Å². The maximum atomic E-state index is 11.7. The molecule has 0 aliphatic rings. The van der Waals surface area contributed by atoms with Crippen molar-refractivity contribution < 1.29 is 25.5 Å². The lowest BCUT2D eigenvalue weighted by Crippen LogP contribution is -2.36. The number of hydrogen-bond donors (Lipinski definition) is 0. The Hall–Kier alpha value is 0.424. The monoisotopic (exact) mass is 372 g/mol. The van der Waals surface area contributed by atoms with Gasteiger partial charge in [-0.2, -0.15) is 32.7 Å². The van der Waals surface area contributed by atoms with Crippen LogP contribution in [0.2, 0.25) is 37.8 Å². The standard InChI is InChI=1S/C6H15ClSi.C4H9F3O3SSi/c1-4-8(7,5-2)6-3;1-12(2,3)10-11(8,9)4(5,6)7/h4-6H2,1-3H3;1-3H3. The molecule has 0 N–H and O–H groups in total. The lowest BCUT2D eigenvalue weighted by atomic mass is 10.9. The molecule has 0 aliphatic carbocycles. The average Bonchev–Trinajstić information content (AvgIpc) is 2.24. The summed E-state index contributed by atoms with van der Waals surface area (Å²) in [4.78, 5) is 0. The van der Waals surface area contributed by atoms with Gasteiger partial charge in [-0.15, -0.1) is 0 Å². The molecule has 0 atom stereocenters. The maximum absolute atomic E-state index is 11.7. The molecule has 0 spiro atoms. The summed E-state index contributed by atoms with van der Waals surface area (Å²) in [5.41, 5.74) is -5.31. The van der Waals surface area contributed by atoms with Gasteiger partial charge in [0, 0.05) is 0 Å². The zero-order valence-corrected chi connectivity index (χ0v) is 16.3. The second-order valence-electron chi connectivity index (χ2n) is 5.31. The highest BCUT2D eigenvalue weighted by Crippen LogP contribution is 2.27. The van der Waals surface area contributed by atoms with Crippen LogP contribution in [0.3, 0.4) is 0 Å². The van der Waals surface area contributed by atoms with E-state index in [9.17, 15) is 21.6 Å². The molecule has 0 aromatic heterocycles. The first-order valence-electron chi connectivity index (χ1n) is 6.35. The van der Waals surface area contributed by atoms with Crippen molar-refractivity contribution in [2.45, 2.75) is 64.1 Å². The minimum atomic E-state index is -5.39. The quantitative estimate of drug-likeness (QED) is 0.391. The molecule has 124 valence electrons. The molecule has 0 radical (unpaired) electrons. The molecule has 0 heterocycles. The van der Waals surface area contributed by atoms with Gasteiger partial charge in [0.25, 0.3) is 0 Å². The zero-order chi connectivity index (χ0) is 16.8. The fraction of sp³-hybridized carbons (Fsp3) is 1.00. The lowest BCUT2D eigenvalue weighted by Gasteiger charge is -2.17. The van der Waals surface area contributed by atoms with Crippen LogP contribution in [0.25, 0.3) is 0 Å². The van der Waals surface area contributed by atoms with Crippen LogP contribution in [0.4, 0.5) is 13.2 Å². The lowest BCUT2D eigenvalue weighted by molar-refractivity contribution is -0.0503.